The summed E-state index contributed by atoms with van der Waals surface area (Å²) in [7, 11) is 0. The van der Waals surface area contributed by atoms with E-state index in [2.05, 4.69) is 10.6 Å². The van der Waals surface area contributed by atoms with E-state index in [-0.39, 0.29) is 11.8 Å². The minimum absolute atomic E-state index is 0.268. The normalized spacial score (nSPS) is 11.8. The monoisotopic (exact) mass is 279 g/mol. The Balaban J connectivity index is 2.80. The Morgan fingerprint density at radius 2 is 2.05 bits per heavy atom. The molecule has 4 N–H and O–H groups in total. The van der Waals surface area contributed by atoms with Crippen molar-refractivity contribution in [1.82, 2.24) is 5.32 Å². The molecule has 0 bridgehead atoms. The summed E-state index contributed by atoms with van der Waals surface area (Å²) in [5.41, 5.74) is 6.20. The topological polar surface area (TPSA) is 93.4 Å². The number of anilines is 1. The maximum absolute atomic E-state index is 12.0. The fourth-order valence-corrected chi connectivity index (χ4v) is 1.63. The molecule has 1 atom stereocenters. The molecule has 0 heterocycles. The molecule has 1 aromatic rings. The molecule has 1 rings (SSSR count). The van der Waals surface area contributed by atoms with Gasteiger partial charge in [-0.15, -0.1) is 0 Å². The molecule has 0 aliphatic carbocycles. The average Bonchev–Trinajstić information content (AvgIpc) is 2.45. The van der Waals surface area contributed by atoms with E-state index in [4.69, 9.17) is 10.5 Å². The molecule has 6 nitrogen and oxygen atoms in total. The number of hydrogen-bond acceptors (Lipinski definition) is 4. The highest BCUT2D eigenvalue weighted by Crippen LogP contribution is 2.15. The SMILES string of the molecule is CCOC(C)C(=O)Nc1ccccc1C(=O)NCCN. The van der Waals surface area contributed by atoms with Gasteiger partial charge in [-0.2, -0.15) is 0 Å². The fraction of sp³-hybridized carbons (Fsp3) is 0.429. The number of hydrogen-bond donors (Lipinski definition) is 3. The van der Waals surface area contributed by atoms with Crippen LogP contribution in [0.1, 0.15) is 24.2 Å². The lowest BCUT2D eigenvalue weighted by atomic mass is 10.1. The van der Waals surface area contributed by atoms with Crippen LogP contribution in [0.2, 0.25) is 0 Å². The van der Waals surface area contributed by atoms with E-state index in [0.29, 0.717) is 30.9 Å². The molecule has 20 heavy (non-hydrogen) atoms. The third kappa shape index (κ3) is 4.64. The third-order valence-corrected chi connectivity index (χ3v) is 2.65. The van der Waals surface area contributed by atoms with Crippen LogP contribution in [0.5, 0.6) is 0 Å². The largest absolute Gasteiger partial charge is 0.369 e. The number of amides is 2. The van der Waals surface area contributed by atoms with Gasteiger partial charge in [0, 0.05) is 19.7 Å². The second-order valence-electron chi connectivity index (χ2n) is 4.18. The molecule has 0 spiro atoms. The zero-order valence-electron chi connectivity index (χ0n) is 11.8. The molecule has 0 fully saturated rings. The van der Waals surface area contributed by atoms with E-state index in [1.165, 1.54) is 0 Å². The van der Waals surface area contributed by atoms with Crippen LogP contribution in [0.4, 0.5) is 5.69 Å². The molecular weight excluding hydrogens is 258 g/mol. The van der Waals surface area contributed by atoms with Crippen molar-refractivity contribution < 1.29 is 14.3 Å². The summed E-state index contributed by atoms with van der Waals surface area (Å²) in [6, 6.07) is 6.81. The van der Waals surface area contributed by atoms with Gasteiger partial charge in [0.2, 0.25) is 0 Å². The lowest BCUT2D eigenvalue weighted by Gasteiger charge is -2.14. The van der Waals surface area contributed by atoms with E-state index in [0.717, 1.165) is 0 Å². The number of benzene rings is 1. The molecule has 0 radical (unpaired) electrons. The van der Waals surface area contributed by atoms with Crippen LogP contribution in [0.3, 0.4) is 0 Å². The quantitative estimate of drug-likeness (QED) is 0.686. The van der Waals surface area contributed by atoms with Gasteiger partial charge < -0.3 is 21.1 Å². The van der Waals surface area contributed by atoms with Crippen molar-refractivity contribution >= 4 is 17.5 Å². The van der Waals surface area contributed by atoms with Crippen LogP contribution < -0.4 is 16.4 Å². The van der Waals surface area contributed by atoms with Crippen molar-refractivity contribution in [3.05, 3.63) is 29.8 Å². The Morgan fingerprint density at radius 1 is 1.35 bits per heavy atom. The number of nitrogens with two attached hydrogens (primary N) is 1. The smallest absolute Gasteiger partial charge is 0.253 e. The van der Waals surface area contributed by atoms with Crippen LogP contribution in [0, 0.1) is 0 Å². The highest BCUT2D eigenvalue weighted by molar-refractivity contribution is 6.04. The van der Waals surface area contributed by atoms with Crippen LogP contribution in [0.15, 0.2) is 24.3 Å². The minimum Gasteiger partial charge on any atom is -0.369 e. The molecule has 0 aromatic heterocycles. The molecule has 2 amide bonds. The van der Waals surface area contributed by atoms with Gasteiger partial charge in [0.25, 0.3) is 11.8 Å². The second kappa shape index (κ2) is 8.29. The van der Waals surface area contributed by atoms with Gasteiger partial charge >= 0.3 is 0 Å². The molecule has 1 unspecified atom stereocenters. The standard InChI is InChI=1S/C14H21N3O3/c1-3-20-10(2)13(18)17-12-7-5-4-6-11(12)14(19)16-9-8-15/h4-7,10H,3,8-9,15H2,1-2H3,(H,16,19)(H,17,18). The van der Waals surface area contributed by atoms with Gasteiger partial charge in [-0.1, -0.05) is 12.1 Å². The average molecular weight is 279 g/mol. The highest BCUT2D eigenvalue weighted by Gasteiger charge is 2.16. The van der Waals surface area contributed by atoms with Gasteiger partial charge in [0.15, 0.2) is 0 Å². The van der Waals surface area contributed by atoms with Crippen molar-refractivity contribution in [2.45, 2.75) is 20.0 Å². The third-order valence-electron chi connectivity index (χ3n) is 2.65. The van der Waals surface area contributed by atoms with Gasteiger partial charge in [0.05, 0.1) is 11.3 Å². The summed E-state index contributed by atoms with van der Waals surface area (Å²) >= 11 is 0. The Morgan fingerprint density at radius 3 is 2.70 bits per heavy atom. The lowest BCUT2D eigenvalue weighted by Crippen LogP contribution is -2.31. The Kier molecular flexibility index (Phi) is 6.69. The number of ether oxygens (including phenoxy) is 1. The number of carbonyl (C=O) groups excluding carboxylic acids is 2. The van der Waals surface area contributed by atoms with E-state index in [1.54, 1.807) is 31.2 Å². The summed E-state index contributed by atoms with van der Waals surface area (Å²) in [4.78, 5) is 23.9. The summed E-state index contributed by atoms with van der Waals surface area (Å²) in [6.07, 6.45) is -0.569. The van der Waals surface area contributed by atoms with E-state index in [9.17, 15) is 9.59 Å². The Hall–Kier alpha value is -1.92. The van der Waals surface area contributed by atoms with E-state index in [1.807, 2.05) is 6.92 Å². The molecular formula is C14H21N3O3. The van der Waals surface area contributed by atoms with Gasteiger partial charge in [-0.05, 0) is 26.0 Å². The van der Waals surface area contributed by atoms with Crippen molar-refractivity contribution in [2.75, 3.05) is 25.0 Å². The maximum Gasteiger partial charge on any atom is 0.253 e. The first kappa shape index (κ1) is 16.1. The first-order valence-electron chi connectivity index (χ1n) is 6.59. The number of carbonyl (C=O) groups is 2. The summed E-state index contributed by atoms with van der Waals surface area (Å²) in [6.45, 7) is 4.68. The first-order chi connectivity index (χ1) is 9.60. The van der Waals surface area contributed by atoms with Crippen LogP contribution in [0.25, 0.3) is 0 Å². The van der Waals surface area contributed by atoms with E-state index >= 15 is 0 Å². The second-order valence-corrected chi connectivity index (χ2v) is 4.18. The molecule has 0 aliphatic rings. The summed E-state index contributed by atoms with van der Waals surface area (Å²) < 4.78 is 5.21. The first-order valence-corrected chi connectivity index (χ1v) is 6.59. The zero-order chi connectivity index (χ0) is 15.0. The Labute approximate surface area is 118 Å². The molecule has 0 saturated carbocycles. The lowest BCUT2D eigenvalue weighted by molar-refractivity contribution is -0.126. The predicted molar refractivity (Wildman–Crippen MR) is 77.5 cm³/mol. The molecule has 0 aliphatic heterocycles. The number of nitrogens with one attached hydrogen (secondary N) is 2. The fourth-order valence-electron chi connectivity index (χ4n) is 1.63. The van der Waals surface area contributed by atoms with Gasteiger partial charge in [-0.25, -0.2) is 0 Å². The molecule has 6 heteroatoms. The summed E-state index contributed by atoms with van der Waals surface area (Å²) in [5, 5.41) is 5.37. The highest BCUT2D eigenvalue weighted by atomic mass is 16.5. The van der Waals surface area contributed by atoms with Crippen LogP contribution in [-0.2, 0) is 9.53 Å². The maximum atomic E-state index is 12.0. The zero-order valence-corrected chi connectivity index (χ0v) is 11.8. The number of rotatable bonds is 7. The van der Waals surface area contributed by atoms with Crippen molar-refractivity contribution in [1.29, 1.82) is 0 Å². The van der Waals surface area contributed by atoms with Gasteiger partial charge in [-0.3, -0.25) is 9.59 Å². The van der Waals surface area contributed by atoms with Crippen molar-refractivity contribution in [2.24, 2.45) is 5.73 Å². The summed E-state index contributed by atoms with van der Waals surface area (Å²) in [5.74, 6) is -0.554. The number of para-hydroxylation sites is 1. The van der Waals surface area contributed by atoms with E-state index < -0.39 is 6.10 Å². The van der Waals surface area contributed by atoms with Crippen LogP contribution in [-0.4, -0.2) is 37.6 Å². The minimum atomic E-state index is -0.569. The van der Waals surface area contributed by atoms with Crippen molar-refractivity contribution in [3.63, 3.8) is 0 Å². The molecule has 110 valence electrons. The molecule has 0 saturated heterocycles. The van der Waals surface area contributed by atoms with Crippen molar-refractivity contribution in [3.8, 4) is 0 Å². The Bertz CT molecular complexity index is 463. The van der Waals surface area contributed by atoms with Gasteiger partial charge in [0.1, 0.15) is 6.10 Å². The predicted octanol–water partition coefficient (Wildman–Crippen LogP) is 0.739. The van der Waals surface area contributed by atoms with Crippen LogP contribution >= 0.6 is 0 Å². The molecule has 1 aromatic carbocycles.